The van der Waals surface area contributed by atoms with Gasteiger partial charge in [0.1, 0.15) is 5.03 Å². The minimum Gasteiger partial charge on any atom is -0.351 e. The van der Waals surface area contributed by atoms with E-state index in [1.165, 1.54) is 6.07 Å². The second-order valence-electron chi connectivity index (χ2n) is 4.38. The zero-order valence-corrected chi connectivity index (χ0v) is 12.4. The van der Waals surface area contributed by atoms with Crippen molar-refractivity contribution in [3.63, 3.8) is 0 Å². The summed E-state index contributed by atoms with van der Waals surface area (Å²) in [5.41, 5.74) is 4.96. The predicted molar refractivity (Wildman–Crippen MR) is 77.6 cm³/mol. The van der Waals surface area contributed by atoms with Crippen LogP contribution >= 0.6 is 11.8 Å². The smallest absolute Gasteiger partial charge is 0.351 e. The van der Waals surface area contributed by atoms with E-state index < -0.39 is 23.9 Å². The fourth-order valence-electron chi connectivity index (χ4n) is 1.72. The molecule has 0 saturated heterocycles. The molecule has 3 N–H and O–H groups in total. The molecule has 0 aliphatic rings. The van der Waals surface area contributed by atoms with Crippen molar-refractivity contribution >= 4 is 34.6 Å². The van der Waals surface area contributed by atoms with Crippen LogP contribution in [-0.4, -0.2) is 27.7 Å². The fraction of sp³-hybridized carbons (Fsp3) is 0.231. The molecule has 1 aromatic carbocycles. The summed E-state index contributed by atoms with van der Waals surface area (Å²) in [4.78, 5) is 28.8. The highest BCUT2D eigenvalue weighted by Gasteiger charge is 2.35. The third-order valence-corrected chi connectivity index (χ3v) is 3.65. The summed E-state index contributed by atoms with van der Waals surface area (Å²) in [6.45, 7) is 0. The van der Waals surface area contributed by atoms with Gasteiger partial charge in [0.2, 0.25) is 11.7 Å². The maximum absolute atomic E-state index is 12.8. The number of nitrogens with zero attached hydrogens (tertiary/aromatic N) is 2. The van der Waals surface area contributed by atoms with E-state index in [0.29, 0.717) is 5.39 Å². The van der Waals surface area contributed by atoms with Crippen molar-refractivity contribution in [3.05, 3.63) is 30.1 Å². The number of urea groups is 1. The quantitative estimate of drug-likeness (QED) is 0.655. The average Bonchev–Trinajstić information content (AvgIpc) is 2.45. The van der Waals surface area contributed by atoms with Gasteiger partial charge in [-0.15, -0.1) is 11.8 Å². The molecule has 23 heavy (non-hydrogen) atoms. The third kappa shape index (κ3) is 4.55. The van der Waals surface area contributed by atoms with Crippen LogP contribution in [0.4, 0.5) is 18.0 Å². The Morgan fingerprint density at radius 1 is 1.22 bits per heavy atom. The van der Waals surface area contributed by atoms with Gasteiger partial charge in [-0.05, 0) is 6.07 Å². The normalized spacial score (nSPS) is 11.4. The number of carbonyl (C=O) groups excluding carboxylic acids is 2. The predicted octanol–water partition coefficient (Wildman–Crippen LogP) is 2.33. The maximum atomic E-state index is 12.8. The highest BCUT2D eigenvalue weighted by molar-refractivity contribution is 7.99. The van der Waals surface area contributed by atoms with Crippen molar-refractivity contribution < 1.29 is 22.8 Å². The summed E-state index contributed by atoms with van der Waals surface area (Å²) in [5.74, 6) is -1.71. The molecule has 0 radical (unpaired) electrons. The lowest BCUT2D eigenvalue weighted by Gasteiger charge is -2.10. The summed E-state index contributed by atoms with van der Waals surface area (Å²) in [7, 11) is 0. The van der Waals surface area contributed by atoms with E-state index in [4.69, 9.17) is 5.73 Å². The molecule has 2 aromatic rings. The van der Waals surface area contributed by atoms with E-state index >= 15 is 0 Å². The van der Waals surface area contributed by atoms with Gasteiger partial charge in [-0.3, -0.25) is 10.1 Å². The van der Waals surface area contributed by atoms with Crippen molar-refractivity contribution in [2.75, 3.05) is 5.75 Å². The summed E-state index contributed by atoms with van der Waals surface area (Å²) in [6.07, 6.45) is -4.75. The van der Waals surface area contributed by atoms with Crippen LogP contribution in [0.25, 0.3) is 10.9 Å². The molecule has 0 saturated carbocycles. The van der Waals surface area contributed by atoms with Gasteiger partial charge in [0, 0.05) is 17.6 Å². The molecule has 1 heterocycles. The Morgan fingerprint density at radius 3 is 2.57 bits per heavy atom. The number of alkyl halides is 3. The number of imide groups is 1. The second-order valence-corrected chi connectivity index (χ2v) is 5.46. The first-order valence-electron chi connectivity index (χ1n) is 6.33. The average molecular weight is 344 g/mol. The molecule has 0 spiro atoms. The first-order valence-corrected chi connectivity index (χ1v) is 7.32. The first-order chi connectivity index (χ1) is 10.8. The van der Waals surface area contributed by atoms with Crippen LogP contribution in [0.5, 0.6) is 0 Å². The van der Waals surface area contributed by atoms with Crippen LogP contribution in [0.2, 0.25) is 0 Å². The molecule has 2 rings (SSSR count). The Labute approximate surface area is 132 Å². The highest BCUT2D eigenvalue weighted by Crippen LogP contribution is 2.32. The number of hydrogen-bond donors (Lipinski definition) is 2. The molecular formula is C13H11F3N4O2S. The van der Waals surface area contributed by atoms with E-state index in [0.717, 1.165) is 11.8 Å². The Balaban J connectivity index is 2.21. The number of fused-ring (bicyclic) bond motifs is 1. The summed E-state index contributed by atoms with van der Waals surface area (Å²) in [5, 5.41) is 2.45. The maximum Gasteiger partial charge on any atom is 0.451 e. The molecule has 0 fully saturated rings. The van der Waals surface area contributed by atoms with Gasteiger partial charge in [-0.2, -0.15) is 13.2 Å². The number of halogens is 3. The molecule has 122 valence electrons. The molecule has 3 amide bonds. The Morgan fingerprint density at radius 2 is 1.91 bits per heavy atom. The lowest BCUT2D eigenvalue weighted by molar-refractivity contribution is -0.145. The van der Waals surface area contributed by atoms with Crippen molar-refractivity contribution in [1.29, 1.82) is 0 Å². The Hall–Kier alpha value is -2.36. The number of primary amides is 1. The molecule has 10 heteroatoms. The van der Waals surface area contributed by atoms with Gasteiger partial charge in [-0.1, -0.05) is 18.2 Å². The van der Waals surface area contributed by atoms with Gasteiger partial charge in [0.05, 0.1) is 5.52 Å². The van der Waals surface area contributed by atoms with Crippen molar-refractivity contribution in [2.45, 2.75) is 17.6 Å². The van der Waals surface area contributed by atoms with Crippen molar-refractivity contribution in [1.82, 2.24) is 15.3 Å². The molecule has 0 bridgehead atoms. The Kier molecular flexibility index (Phi) is 5.04. The molecule has 0 atom stereocenters. The van der Waals surface area contributed by atoms with Gasteiger partial charge in [0.15, 0.2) is 0 Å². The highest BCUT2D eigenvalue weighted by atomic mass is 32.2. The van der Waals surface area contributed by atoms with Crippen LogP contribution in [0, 0.1) is 0 Å². The van der Waals surface area contributed by atoms with E-state index in [1.54, 1.807) is 18.2 Å². The van der Waals surface area contributed by atoms with Crippen LogP contribution in [0.1, 0.15) is 12.2 Å². The topological polar surface area (TPSA) is 98.0 Å². The summed E-state index contributed by atoms with van der Waals surface area (Å²) >= 11 is 0.972. The zero-order chi connectivity index (χ0) is 17.0. The molecule has 0 aliphatic heterocycles. The standard InChI is InChI=1S/C13H11F3N4O2S/c14-13(15,16)11-18-8-4-2-1-3-7(8)10(20-11)23-6-5-9(21)19-12(17)22/h1-4H,5-6H2,(H3,17,19,21,22). The van der Waals surface area contributed by atoms with E-state index in [-0.39, 0.29) is 22.7 Å². The zero-order valence-electron chi connectivity index (χ0n) is 11.6. The number of amides is 3. The molecule has 1 aromatic heterocycles. The van der Waals surface area contributed by atoms with Crippen LogP contribution in [0.3, 0.4) is 0 Å². The number of carbonyl (C=O) groups is 2. The van der Waals surface area contributed by atoms with Crippen molar-refractivity contribution in [2.24, 2.45) is 5.73 Å². The van der Waals surface area contributed by atoms with Crippen molar-refractivity contribution in [3.8, 4) is 0 Å². The second kappa shape index (κ2) is 6.82. The number of benzene rings is 1. The first kappa shape index (κ1) is 17.0. The van der Waals surface area contributed by atoms with Gasteiger partial charge >= 0.3 is 12.2 Å². The van der Waals surface area contributed by atoms with E-state index in [9.17, 15) is 22.8 Å². The molecule has 0 aliphatic carbocycles. The number of hydrogen-bond acceptors (Lipinski definition) is 5. The molecule has 6 nitrogen and oxygen atoms in total. The fourth-order valence-corrected chi connectivity index (χ4v) is 2.68. The lowest BCUT2D eigenvalue weighted by Crippen LogP contribution is -2.35. The minimum absolute atomic E-state index is 0.0900. The minimum atomic E-state index is -4.66. The van der Waals surface area contributed by atoms with Crippen LogP contribution in [0.15, 0.2) is 29.3 Å². The number of aromatic nitrogens is 2. The van der Waals surface area contributed by atoms with Crippen LogP contribution in [-0.2, 0) is 11.0 Å². The number of para-hydroxylation sites is 1. The number of rotatable bonds is 4. The number of nitrogens with one attached hydrogen (secondary N) is 1. The van der Waals surface area contributed by atoms with Gasteiger partial charge in [-0.25, -0.2) is 14.8 Å². The molecule has 0 unspecified atom stereocenters. The Bertz CT molecular complexity index is 752. The molecular weight excluding hydrogens is 333 g/mol. The van der Waals surface area contributed by atoms with E-state index in [2.05, 4.69) is 9.97 Å². The number of nitrogens with two attached hydrogens (primary N) is 1. The van der Waals surface area contributed by atoms with Gasteiger partial charge < -0.3 is 5.73 Å². The third-order valence-electron chi connectivity index (χ3n) is 2.65. The lowest BCUT2D eigenvalue weighted by atomic mass is 10.2. The monoisotopic (exact) mass is 344 g/mol. The number of thioether (sulfide) groups is 1. The van der Waals surface area contributed by atoms with Gasteiger partial charge in [0.25, 0.3) is 0 Å². The SMILES string of the molecule is NC(=O)NC(=O)CCSc1nc(C(F)(F)F)nc2ccccc12. The summed E-state index contributed by atoms with van der Waals surface area (Å²) in [6, 6.07) is 5.30. The largest absolute Gasteiger partial charge is 0.451 e. The van der Waals surface area contributed by atoms with Crippen LogP contribution < -0.4 is 11.1 Å². The van der Waals surface area contributed by atoms with E-state index in [1.807, 2.05) is 5.32 Å². The summed E-state index contributed by atoms with van der Waals surface area (Å²) < 4.78 is 38.5.